The number of H-pyrrole nitrogens is 1. The molecule has 35 heavy (non-hydrogen) atoms. The molecule has 0 spiro atoms. The maximum atomic E-state index is 13.3. The summed E-state index contributed by atoms with van der Waals surface area (Å²) >= 11 is 0. The van der Waals surface area contributed by atoms with Crippen molar-refractivity contribution in [1.29, 1.82) is 0 Å². The van der Waals surface area contributed by atoms with Crippen LogP contribution in [0.3, 0.4) is 0 Å². The Kier molecular flexibility index (Phi) is 5.80. The summed E-state index contributed by atoms with van der Waals surface area (Å²) in [5, 5.41) is 7.08. The lowest BCUT2D eigenvalue weighted by Gasteiger charge is -2.25. The Balaban J connectivity index is 1.32. The minimum Gasteiger partial charge on any atom is -0.339 e. The number of halogens is 1. The molecule has 0 radical (unpaired) electrons. The predicted octanol–water partition coefficient (Wildman–Crippen LogP) is 3.11. The zero-order valence-corrected chi connectivity index (χ0v) is 20.6. The van der Waals surface area contributed by atoms with E-state index in [1.807, 2.05) is 12.1 Å². The van der Waals surface area contributed by atoms with Crippen molar-refractivity contribution in [2.24, 2.45) is 10.1 Å². The Morgan fingerprint density at radius 3 is 2.69 bits per heavy atom. The number of aromatic nitrogens is 1. The van der Waals surface area contributed by atoms with Gasteiger partial charge in [-0.15, -0.1) is 5.10 Å². The third-order valence-electron chi connectivity index (χ3n) is 7.77. The number of aromatic amines is 1. The molecule has 0 bridgehead atoms. The summed E-state index contributed by atoms with van der Waals surface area (Å²) in [6.07, 6.45) is 7.75. The maximum Gasteiger partial charge on any atom is 0.246 e. The molecule has 6 rings (SSSR count). The van der Waals surface area contributed by atoms with Crippen LogP contribution in [-0.2, 0) is 12.8 Å². The molecule has 1 aromatic heterocycles. The minimum absolute atomic E-state index is 0.0131. The van der Waals surface area contributed by atoms with E-state index in [9.17, 15) is 4.39 Å². The molecule has 182 valence electrons. The summed E-state index contributed by atoms with van der Waals surface area (Å²) in [6.45, 7) is 8.91. The molecular weight excluding hydrogens is 439 g/mol. The predicted molar refractivity (Wildman–Crippen MR) is 138 cm³/mol. The number of rotatable bonds is 5. The summed E-state index contributed by atoms with van der Waals surface area (Å²) < 4.78 is 13.3. The molecule has 1 atom stereocenters. The molecule has 2 N–H and O–H groups in total. The molecule has 4 heterocycles. The van der Waals surface area contributed by atoms with Crippen LogP contribution in [0.1, 0.15) is 41.5 Å². The minimum atomic E-state index is -0.211. The fraction of sp³-hybridized carbons (Fsp3) is 0.429. The smallest absolute Gasteiger partial charge is 0.246 e. The van der Waals surface area contributed by atoms with Crippen molar-refractivity contribution in [3.05, 3.63) is 69.1 Å². The average Bonchev–Trinajstić information content (AvgIpc) is 3.57. The Morgan fingerprint density at radius 1 is 1.09 bits per heavy atom. The molecular formula is C28H33FN6. The number of nitrogens with one attached hydrogen (secondary N) is 2. The molecule has 1 fully saturated rings. The summed E-state index contributed by atoms with van der Waals surface area (Å²) in [7, 11) is 0. The van der Waals surface area contributed by atoms with E-state index in [1.165, 1.54) is 70.9 Å². The zero-order valence-electron chi connectivity index (χ0n) is 20.6. The number of aryl methyl sites for hydroxylation is 2. The van der Waals surface area contributed by atoms with Gasteiger partial charge in [-0.1, -0.05) is 24.3 Å². The molecule has 7 heteroatoms. The highest BCUT2D eigenvalue weighted by Gasteiger charge is 2.28. The van der Waals surface area contributed by atoms with E-state index in [-0.39, 0.29) is 12.0 Å². The third-order valence-corrected chi connectivity index (χ3v) is 7.77. The number of fused-ring (bicyclic) bond motifs is 4. The van der Waals surface area contributed by atoms with Crippen LogP contribution in [0.2, 0.25) is 0 Å². The number of guanidine groups is 1. The highest BCUT2D eigenvalue weighted by molar-refractivity contribution is 5.89. The molecule has 6 nitrogen and oxygen atoms in total. The number of hydrazone groups is 1. The van der Waals surface area contributed by atoms with E-state index in [4.69, 9.17) is 4.99 Å². The van der Waals surface area contributed by atoms with Gasteiger partial charge in [0.15, 0.2) is 0 Å². The Labute approximate surface area is 205 Å². The number of likely N-dealkylation sites (tertiary alicyclic amines) is 1. The largest absolute Gasteiger partial charge is 0.339 e. The van der Waals surface area contributed by atoms with Crippen molar-refractivity contribution < 1.29 is 4.39 Å². The van der Waals surface area contributed by atoms with Gasteiger partial charge in [-0.3, -0.25) is 5.43 Å². The number of hydrogen-bond acceptors (Lipinski definition) is 5. The molecule has 1 saturated heterocycles. The van der Waals surface area contributed by atoms with E-state index in [1.54, 1.807) is 0 Å². The van der Waals surface area contributed by atoms with E-state index < -0.39 is 0 Å². The number of nitrogens with zero attached hydrogens (tertiary/aromatic N) is 4. The number of hydrogen-bond donors (Lipinski definition) is 2. The van der Waals surface area contributed by atoms with Gasteiger partial charge in [0.2, 0.25) is 5.96 Å². The van der Waals surface area contributed by atoms with Crippen molar-refractivity contribution in [1.82, 2.24) is 20.2 Å². The van der Waals surface area contributed by atoms with Crippen LogP contribution >= 0.6 is 0 Å². The SMILES string of the molecule is Cc1cc(CCN2CCCC2)c(C)c2c3/c([nH]c12)=N\C1=NNC(Cc2ccc(F)cc2)N1CC\C=3. The highest BCUT2D eigenvalue weighted by Crippen LogP contribution is 2.23. The summed E-state index contributed by atoms with van der Waals surface area (Å²) in [5.41, 5.74) is 10.5. The molecule has 0 saturated carbocycles. The van der Waals surface area contributed by atoms with Gasteiger partial charge in [0, 0.05) is 30.1 Å². The lowest BCUT2D eigenvalue weighted by atomic mass is 9.97. The van der Waals surface area contributed by atoms with Crippen LogP contribution in [0.15, 0.2) is 40.4 Å². The summed E-state index contributed by atoms with van der Waals surface area (Å²) in [4.78, 5) is 13.4. The fourth-order valence-electron chi connectivity index (χ4n) is 5.82. The Bertz CT molecular complexity index is 1400. The van der Waals surface area contributed by atoms with Crippen molar-refractivity contribution in [3.63, 3.8) is 0 Å². The first-order valence-corrected chi connectivity index (χ1v) is 12.8. The average molecular weight is 473 g/mol. The molecule has 1 unspecified atom stereocenters. The van der Waals surface area contributed by atoms with Crippen molar-refractivity contribution in [2.75, 3.05) is 26.2 Å². The molecule has 0 amide bonds. The Morgan fingerprint density at radius 2 is 1.89 bits per heavy atom. The lowest BCUT2D eigenvalue weighted by molar-refractivity contribution is 0.301. The van der Waals surface area contributed by atoms with Crippen molar-refractivity contribution in [3.8, 4) is 0 Å². The molecule has 3 aliphatic rings. The monoisotopic (exact) mass is 472 g/mol. The van der Waals surface area contributed by atoms with Gasteiger partial charge in [0.1, 0.15) is 17.5 Å². The van der Waals surface area contributed by atoms with Gasteiger partial charge in [0.25, 0.3) is 0 Å². The molecule has 3 aliphatic heterocycles. The summed E-state index contributed by atoms with van der Waals surface area (Å²) in [5.74, 6) is 0.500. The lowest BCUT2D eigenvalue weighted by Crippen LogP contribution is -2.43. The first-order valence-electron chi connectivity index (χ1n) is 12.8. The Hall–Kier alpha value is -3.19. The van der Waals surface area contributed by atoms with Gasteiger partial charge >= 0.3 is 0 Å². The normalized spacial score (nSPS) is 21.9. The van der Waals surface area contributed by atoms with Gasteiger partial charge < -0.3 is 14.8 Å². The second kappa shape index (κ2) is 9.11. The van der Waals surface area contributed by atoms with Gasteiger partial charge in [-0.25, -0.2) is 4.39 Å². The number of benzene rings is 2. The summed E-state index contributed by atoms with van der Waals surface area (Å²) in [6, 6.07) is 9.06. The topological polar surface area (TPSA) is 59.0 Å². The quantitative estimate of drug-likeness (QED) is 0.600. The van der Waals surface area contributed by atoms with Gasteiger partial charge in [-0.2, -0.15) is 4.99 Å². The second-order valence-electron chi connectivity index (χ2n) is 10.1. The third kappa shape index (κ3) is 4.22. The van der Waals surface area contributed by atoms with Crippen LogP contribution in [0, 0.1) is 19.7 Å². The van der Waals surface area contributed by atoms with Crippen LogP contribution in [-0.4, -0.2) is 53.1 Å². The standard InChI is InChI=1S/C28H33FN6/c1-18-16-21(11-15-34-12-3-4-13-34)19(2)25-23-6-5-14-35-24(17-20-7-9-22(29)10-8-20)32-33-28(35)31-27(23)30-26(18)25/h6-10,16,24,32H,3-5,11-15,17H2,1-2H3,(H,30,31,33)/b23-6-. The van der Waals surface area contributed by atoms with E-state index >= 15 is 0 Å². The van der Waals surface area contributed by atoms with Crippen LogP contribution in [0.4, 0.5) is 4.39 Å². The first kappa shape index (κ1) is 22.3. The zero-order chi connectivity index (χ0) is 23.9. The van der Waals surface area contributed by atoms with Crippen molar-refractivity contribution >= 4 is 22.9 Å². The second-order valence-corrected chi connectivity index (χ2v) is 10.1. The highest BCUT2D eigenvalue weighted by atomic mass is 19.1. The molecule has 0 aliphatic carbocycles. The maximum absolute atomic E-state index is 13.3. The van der Waals surface area contributed by atoms with E-state index in [0.29, 0.717) is 5.96 Å². The van der Waals surface area contributed by atoms with Crippen LogP contribution in [0.5, 0.6) is 0 Å². The van der Waals surface area contributed by atoms with Gasteiger partial charge in [0.05, 0.1) is 5.52 Å². The van der Waals surface area contributed by atoms with Crippen LogP contribution < -0.4 is 16.1 Å². The fourth-order valence-corrected chi connectivity index (χ4v) is 5.82. The molecule has 3 aromatic rings. The first-order chi connectivity index (χ1) is 17.1. The van der Waals surface area contributed by atoms with E-state index in [2.05, 4.69) is 51.3 Å². The van der Waals surface area contributed by atoms with Gasteiger partial charge in [-0.05, 0) is 87.0 Å². The van der Waals surface area contributed by atoms with Crippen LogP contribution in [0.25, 0.3) is 17.0 Å². The van der Waals surface area contributed by atoms with Crippen molar-refractivity contribution in [2.45, 2.75) is 52.1 Å². The molecule has 2 aromatic carbocycles. The van der Waals surface area contributed by atoms with E-state index in [0.717, 1.165) is 43.4 Å².